The molecule has 0 radical (unpaired) electrons. The molecule has 0 saturated heterocycles. The summed E-state index contributed by atoms with van der Waals surface area (Å²) in [5.74, 6) is 0.678. The number of aromatic nitrogens is 2. The van der Waals surface area contributed by atoms with Gasteiger partial charge in [-0.05, 0) is 30.7 Å². The van der Waals surface area contributed by atoms with E-state index in [1.165, 1.54) is 0 Å². The Morgan fingerprint density at radius 3 is 2.46 bits per heavy atom. The van der Waals surface area contributed by atoms with Gasteiger partial charge >= 0.3 is 0 Å². The number of nitrogens with one attached hydrogen (secondary N) is 1. The second-order valence-corrected chi connectivity index (χ2v) is 5.92. The summed E-state index contributed by atoms with van der Waals surface area (Å²) in [4.78, 5) is 12.6. The number of amides is 1. The lowest BCUT2D eigenvalue weighted by atomic mass is 10.1. The standard InChI is InChI=1S/C21H23N3O2/c1-2-9-20-19(16-23-24(20)17-10-5-3-6-11-17)21(25)22-14-15-26-18-12-7-4-8-13-18/h3-8,10-13,16H,2,9,14-15H2,1H3,(H,22,25). The van der Waals surface area contributed by atoms with E-state index in [1.54, 1.807) is 6.20 Å². The maximum Gasteiger partial charge on any atom is 0.254 e. The summed E-state index contributed by atoms with van der Waals surface area (Å²) in [6.45, 7) is 2.96. The maximum absolute atomic E-state index is 12.6. The predicted octanol–water partition coefficient (Wildman–Crippen LogP) is 3.63. The van der Waals surface area contributed by atoms with Gasteiger partial charge in [0.15, 0.2) is 0 Å². The van der Waals surface area contributed by atoms with Gasteiger partial charge in [0.05, 0.1) is 29.7 Å². The van der Waals surface area contributed by atoms with Crippen LogP contribution in [-0.2, 0) is 6.42 Å². The number of ether oxygens (including phenoxy) is 1. The average molecular weight is 349 g/mol. The van der Waals surface area contributed by atoms with E-state index in [-0.39, 0.29) is 5.91 Å². The minimum Gasteiger partial charge on any atom is -0.492 e. The summed E-state index contributed by atoms with van der Waals surface area (Å²) < 4.78 is 7.46. The summed E-state index contributed by atoms with van der Waals surface area (Å²) in [5.41, 5.74) is 2.51. The van der Waals surface area contributed by atoms with Crippen LogP contribution in [0.2, 0.25) is 0 Å². The Labute approximate surface area is 153 Å². The normalized spacial score (nSPS) is 10.5. The zero-order valence-corrected chi connectivity index (χ0v) is 14.9. The molecule has 26 heavy (non-hydrogen) atoms. The van der Waals surface area contributed by atoms with Crippen molar-refractivity contribution in [2.75, 3.05) is 13.2 Å². The number of carbonyl (C=O) groups excluding carboxylic acids is 1. The molecule has 0 saturated carbocycles. The van der Waals surface area contributed by atoms with Crippen LogP contribution >= 0.6 is 0 Å². The lowest BCUT2D eigenvalue weighted by molar-refractivity contribution is 0.0946. The van der Waals surface area contributed by atoms with E-state index in [0.29, 0.717) is 18.7 Å². The smallest absolute Gasteiger partial charge is 0.254 e. The first-order valence-corrected chi connectivity index (χ1v) is 8.88. The fraction of sp³-hybridized carbons (Fsp3) is 0.238. The number of benzene rings is 2. The Bertz CT molecular complexity index is 829. The fourth-order valence-corrected chi connectivity index (χ4v) is 2.78. The molecular weight excluding hydrogens is 326 g/mol. The summed E-state index contributed by atoms with van der Waals surface area (Å²) >= 11 is 0. The number of para-hydroxylation sites is 2. The molecule has 0 atom stereocenters. The van der Waals surface area contributed by atoms with Crippen molar-refractivity contribution >= 4 is 5.91 Å². The van der Waals surface area contributed by atoms with Gasteiger partial charge in [0, 0.05) is 0 Å². The number of nitrogens with zero attached hydrogens (tertiary/aromatic N) is 2. The molecule has 2 aromatic carbocycles. The molecule has 0 aliphatic rings. The van der Waals surface area contributed by atoms with Crippen molar-refractivity contribution in [3.63, 3.8) is 0 Å². The number of carbonyl (C=O) groups is 1. The highest BCUT2D eigenvalue weighted by molar-refractivity contribution is 5.95. The molecule has 5 heteroatoms. The van der Waals surface area contributed by atoms with Crippen LogP contribution in [0.15, 0.2) is 66.9 Å². The van der Waals surface area contributed by atoms with Gasteiger partial charge in [-0.3, -0.25) is 4.79 Å². The molecule has 3 aromatic rings. The van der Waals surface area contributed by atoms with Gasteiger partial charge in [-0.15, -0.1) is 0 Å². The van der Waals surface area contributed by atoms with Crippen molar-refractivity contribution in [1.29, 1.82) is 0 Å². The molecule has 0 bridgehead atoms. The molecular formula is C21H23N3O2. The third-order valence-corrected chi connectivity index (χ3v) is 4.00. The van der Waals surface area contributed by atoms with Crippen LogP contribution in [0.3, 0.4) is 0 Å². The van der Waals surface area contributed by atoms with E-state index in [0.717, 1.165) is 30.0 Å². The molecule has 0 spiro atoms. The molecule has 0 aliphatic carbocycles. The molecule has 3 rings (SSSR count). The van der Waals surface area contributed by atoms with E-state index >= 15 is 0 Å². The van der Waals surface area contributed by atoms with Crippen LogP contribution in [0.25, 0.3) is 5.69 Å². The van der Waals surface area contributed by atoms with Crippen LogP contribution in [0, 0.1) is 0 Å². The van der Waals surface area contributed by atoms with E-state index in [1.807, 2.05) is 65.3 Å². The van der Waals surface area contributed by atoms with E-state index in [9.17, 15) is 4.79 Å². The van der Waals surface area contributed by atoms with Gasteiger partial charge in [-0.1, -0.05) is 49.7 Å². The van der Waals surface area contributed by atoms with Gasteiger partial charge in [0.1, 0.15) is 12.4 Å². The molecule has 1 aromatic heterocycles. The fourth-order valence-electron chi connectivity index (χ4n) is 2.78. The van der Waals surface area contributed by atoms with Crippen molar-refractivity contribution in [1.82, 2.24) is 15.1 Å². The molecule has 0 fully saturated rings. The highest BCUT2D eigenvalue weighted by Gasteiger charge is 2.17. The number of hydrogen-bond donors (Lipinski definition) is 1. The summed E-state index contributed by atoms with van der Waals surface area (Å²) in [6, 6.07) is 19.4. The van der Waals surface area contributed by atoms with Gasteiger partial charge in [0.2, 0.25) is 0 Å². The van der Waals surface area contributed by atoms with E-state index < -0.39 is 0 Å². The largest absolute Gasteiger partial charge is 0.492 e. The summed E-state index contributed by atoms with van der Waals surface area (Å²) in [5, 5.41) is 7.34. The van der Waals surface area contributed by atoms with Gasteiger partial charge < -0.3 is 10.1 Å². The Hall–Kier alpha value is -3.08. The quantitative estimate of drug-likeness (QED) is 0.632. The zero-order valence-electron chi connectivity index (χ0n) is 14.9. The SMILES string of the molecule is CCCc1c(C(=O)NCCOc2ccccc2)cnn1-c1ccccc1. The highest BCUT2D eigenvalue weighted by atomic mass is 16.5. The first kappa shape index (κ1) is 17.7. The average Bonchev–Trinajstić information content (AvgIpc) is 3.11. The van der Waals surface area contributed by atoms with Gasteiger partial charge in [0.25, 0.3) is 5.91 Å². The van der Waals surface area contributed by atoms with E-state index in [2.05, 4.69) is 17.3 Å². The van der Waals surface area contributed by atoms with Crippen molar-refractivity contribution in [3.8, 4) is 11.4 Å². The summed E-state index contributed by atoms with van der Waals surface area (Å²) in [7, 11) is 0. The number of rotatable bonds is 8. The lowest BCUT2D eigenvalue weighted by Crippen LogP contribution is -2.28. The first-order chi connectivity index (χ1) is 12.8. The van der Waals surface area contributed by atoms with Crippen molar-refractivity contribution < 1.29 is 9.53 Å². The van der Waals surface area contributed by atoms with Crippen LogP contribution < -0.4 is 10.1 Å². The predicted molar refractivity (Wildman–Crippen MR) is 102 cm³/mol. The third kappa shape index (κ3) is 4.30. The zero-order chi connectivity index (χ0) is 18.2. The van der Waals surface area contributed by atoms with Crippen LogP contribution in [0.5, 0.6) is 5.75 Å². The molecule has 0 aliphatic heterocycles. The van der Waals surface area contributed by atoms with Gasteiger partial charge in [-0.25, -0.2) is 4.68 Å². The number of hydrogen-bond acceptors (Lipinski definition) is 3. The second kappa shape index (κ2) is 8.85. The Morgan fingerprint density at radius 1 is 1.08 bits per heavy atom. The van der Waals surface area contributed by atoms with Crippen molar-refractivity contribution in [2.24, 2.45) is 0 Å². The van der Waals surface area contributed by atoms with Crippen LogP contribution in [0.4, 0.5) is 0 Å². The molecule has 134 valence electrons. The molecule has 5 nitrogen and oxygen atoms in total. The summed E-state index contributed by atoms with van der Waals surface area (Å²) in [6.07, 6.45) is 3.37. The van der Waals surface area contributed by atoms with Crippen LogP contribution in [-0.4, -0.2) is 28.8 Å². The second-order valence-electron chi connectivity index (χ2n) is 5.92. The molecule has 1 heterocycles. The highest BCUT2D eigenvalue weighted by Crippen LogP contribution is 2.17. The van der Waals surface area contributed by atoms with Crippen LogP contribution in [0.1, 0.15) is 29.4 Å². The molecule has 1 amide bonds. The minimum atomic E-state index is -0.118. The van der Waals surface area contributed by atoms with Crippen molar-refractivity contribution in [2.45, 2.75) is 19.8 Å². The Balaban J connectivity index is 1.64. The van der Waals surface area contributed by atoms with E-state index in [4.69, 9.17) is 4.74 Å². The van der Waals surface area contributed by atoms with Gasteiger partial charge in [-0.2, -0.15) is 5.10 Å². The lowest BCUT2D eigenvalue weighted by Gasteiger charge is -2.10. The third-order valence-electron chi connectivity index (χ3n) is 4.00. The van der Waals surface area contributed by atoms with Crippen molar-refractivity contribution in [3.05, 3.63) is 78.1 Å². The maximum atomic E-state index is 12.6. The molecule has 1 N–H and O–H groups in total. The topological polar surface area (TPSA) is 56.1 Å². The molecule has 0 unspecified atom stereocenters. The minimum absolute atomic E-state index is 0.118. The first-order valence-electron chi connectivity index (χ1n) is 8.88. The monoisotopic (exact) mass is 349 g/mol. The Kier molecular flexibility index (Phi) is 6.04. The Morgan fingerprint density at radius 2 is 1.77 bits per heavy atom.